The molecule has 7 heteroatoms. The van der Waals surface area contributed by atoms with E-state index in [2.05, 4.69) is 15.6 Å². The molecule has 0 spiro atoms. The number of hydrogen-bond donors (Lipinski definition) is 2. The van der Waals surface area contributed by atoms with Crippen LogP contribution in [0.1, 0.15) is 23.2 Å². The van der Waals surface area contributed by atoms with E-state index < -0.39 is 0 Å². The van der Waals surface area contributed by atoms with Crippen LogP contribution in [0.15, 0.2) is 42.7 Å². The lowest BCUT2D eigenvalue weighted by Gasteiger charge is -2.21. The maximum absolute atomic E-state index is 12.3. The maximum atomic E-state index is 12.3. The molecule has 1 aromatic carbocycles. The van der Waals surface area contributed by atoms with Crippen LogP contribution in [-0.4, -0.2) is 37.1 Å². The summed E-state index contributed by atoms with van der Waals surface area (Å²) >= 11 is 0. The van der Waals surface area contributed by atoms with E-state index in [0.29, 0.717) is 35.9 Å². The topological polar surface area (TPSA) is 89.5 Å². The Morgan fingerprint density at radius 1 is 1.19 bits per heavy atom. The minimum Gasteiger partial charge on any atom is -0.494 e. The predicted molar refractivity (Wildman–Crippen MR) is 97.4 cm³/mol. The van der Waals surface area contributed by atoms with E-state index in [1.807, 2.05) is 0 Å². The highest BCUT2D eigenvalue weighted by atomic mass is 16.5. The lowest BCUT2D eigenvalue weighted by Crippen LogP contribution is -2.28. The number of methoxy groups -OCH3 is 1. The van der Waals surface area contributed by atoms with Crippen molar-refractivity contribution in [3.63, 3.8) is 0 Å². The maximum Gasteiger partial charge on any atom is 0.257 e. The first kappa shape index (κ1) is 17.9. The van der Waals surface area contributed by atoms with Gasteiger partial charge in [0, 0.05) is 43.3 Å². The monoisotopic (exact) mass is 355 g/mol. The third-order valence-electron chi connectivity index (χ3n) is 4.23. The van der Waals surface area contributed by atoms with Gasteiger partial charge in [0.25, 0.3) is 5.91 Å². The minimum atomic E-state index is -0.282. The molecule has 0 bridgehead atoms. The highest BCUT2D eigenvalue weighted by Gasteiger charge is 2.22. The summed E-state index contributed by atoms with van der Waals surface area (Å²) in [6.07, 6.45) is 4.54. The van der Waals surface area contributed by atoms with Crippen molar-refractivity contribution >= 4 is 23.2 Å². The molecule has 0 atom stereocenters. The zero-order valence-corrected chi connectivity index (χ0v) is 14.5. The fourth-order valence-corrected chi connectivity index (χ4v) is 2.77. The van der Waals surface area contributed by atoms with Crippen LogP contribution in [0.2, 0.25) is 0 Å². The SMILES string of the molecule is COc1cc(NC(=O)C2CCOCC2)ccc1NC(=O)c1cccnc1. The molecule has 7 nitrogen and oxygen atoms in total. The summed E-state index contributed by atoms with van der Waals surface area (Å²) in [7, 11) is 1.51. The van der Waals surface area contributed by atoms with Crippen molar-refractivity contribution in [2.45, 2.75) is 12.8 Å². The highest BCUT2D eigenvalue weighted by Crippen LogP contribution is 2.29. The first-order chi connectivity index (χ1) is 12.7. The van der Waals surface area contributed by atoms with E-state index in [1.165, 1.54) is 13.3 Å². The molecule has 0 unspecified atom stereocenters. The van der Waals surface area contributed by atoms with E-state index in [4.69, 9.17) is 9.47 Å². The lowest BCUT2D eigenvalue weighted by atomic mass is 9.99. The summed E-state index contributed by atoms with van der Waals surface area (Å²) in [5.41, 5.74) is 1.59. The van der Waals surface area contributed by atoms with E-state index in [1.54, 1.807) is 36.5 Å². The van der Waals surface area contributed by atoms with E-state index in [-0.39, 0.29) is 17.7 Å². The van der Waals surface area contributed by atoms with Crippen molar-refractivity contribution in [2.75, 3.05) is 31.0 Å². The Balaban J connectivity index is 1.69. The molecule has 1 aliphatic heterocycles. The molecule has 136 valence electrons. The summed E-state index contributed by atoms with van der Waals surface area (Å²) < 4.78 is 10.6. The number of benzene rings is 1. The molecule has 2 heterocycles. The van der Waals surface area contributed by atoms with Gasteiger partial charge in [-0.05, 0) is 37.1 Å². The fraction of sp³-hybridized carbons (Fsp3) is 0.316. The van der Waals surface area contributed by atoms with Crippen molar-refractivity contribution in [1.82, 2.24) is 4.98 Å². The smallest absolute Gasteiger partial charge is 0.257 e. The van der Waals surface area contributed by atoms with Gasteiger partial charge in [-0.1, -0.05) is 0 Å². The number of pyridine rings is 1. The summed E-state index contributed by atoms with van der Waals surface area (Å²) in [4.78, 5) is 28.5. The molecule has 1 aromatic heterocycles. The van der Waals surface area contributed by atoms with Gasteiger partial charge < -0.3 is 20.1 Å². The van der Waals surface area contributed by atoms with Gasteiger partial charge in [-0.25, -0.2) is 0 Å². The van der Waals surface area contributed by atoms with E-state index in [0.717, 1.165) is 12.8 Å². The van der Waals surface area contributed by atoms with Crippen LogP contribution in [0.3, 0.4) is 0 Å². The van der Waals surface area contributed by atoms with Crippen molar-refractivity contribution in [2.24, 2.45) is 5.92 Å². The fourth-order valence-electron chi connectivity index (χ4n) is 2.77. The van der Waals surface area contributed by atoms with Crippen LogP contribution in [-0.2, 0) is 9.53 Å². The Morgan fingerprint density at radius 3 is 2.69 bits per heavy atom. The highest BCUT2D eigenvalue weighted by molar-refractivity contribution is 6.05. The van der Waals surface area contributed by atoms with Crippen LogP contribution >= 0.6 is 0 Å². The standard InChI is InChI=1S/C19H21N3O4/c1-25-17-11-15(21-18(23)13-6-9-26-10-7-13)4-5-16(17)22-19(24)14-3-2-8-20-12-14/h2-5,8,11-13H,6-7,9-10H2,1H3,(H,21,23)(H,22,24). The van der Waals surface area contributed by atoms with Gasteiger partial charge in [-0.2, -0.15) is 0 Å². The second-order valence-electron chi connectivity index (χ2n) is 5.99. The molecule has 1 fully saturated rings. The van der Waals surface area contributed by atoms with Gasteiger partial charge >= 0.3 is 0 Å². The summed E-state index contributed by atoms with van der Waals surface area (Å²) in [5, 5.41) is 5.69. The average molecular weight is 355 g/mol. The lowest BCUT2D eigenvalue weighted by molar-refractivity contribution is -0.122. The number of rotatable bonds is 5. The van der Waals surface area contributed by atoms with Gasteiger partial charge in [0.2, 0.25) is 5.91 Å². The van der Waals surface area contributed by atoms with Crippen molar-refractivity contribution in [3.8, 4) is 5.75 Å². The molecular formula is C19H21N3O4. The normalized spacial score (nSPS) is 14.5. The Morgan fingerprint density at radius 2 is 2.00 bits per heavy atom. The molecule has 26 heavy (non-hydrogen) atoms. The molecule has 1 aliphatic rings. The van der Waals surface area contributed by atoms with Gasteiger partial charge in [0.1, 0.15) is 5.75 Å². The second kappa shape index (κ2) is 8.44. The van der Waals surface area contributed by atoms with Crippen LogP contribution in [0.4, 0.5) is 11.4 Å². The third-order valence-corrected chi connectivity index (χ3v) is 4.23. The third kappa shape index (κ3) is 4.37. The Labute approximate surface area is 151 Å². The molecule has 0 aliphatic carbocycles. The molecule has 2 amide bonds. The molecule has 2 aromatic rings. The number of carbonyl (C=O) groups is 2. The van der Waals surface area contributed by atoms with Crippen molar-refractivity contribution in [1.29, 1.82) is 0 Å². The van der Waals surface area contributed by atoms with Crippen LogP contribution in [0, 0.1) is 5.92 Å². The van der Waals surface area contributed by atoms with Gasteiger partial charge in [0.05, 0.1) is 18.4 Å². The number of carbonyl (C=O) groups excluding carboxylic acids is 2. The van der Waals surface area contributed by atoms with Crippen LogP contribution in [0.5, 0.6) is 5.75 Å². The first-order valence-electron chi connectivity index (χ1n) is 8.45. The first-order valence-corrected chi connectivity index (χ1v) is 8.45. The molecule has 1 saturated heterocycles. The number of anilines is 2. The minimum absolute atomic E-state index is 0.0255. The van der Waals surface area contributed by atoms with E-state index in [9.17, 15) is 9.59 Å². The number of aromatic nitrogens is 1. The average Bonchev–Trinajstić information content (AvgIpc) is 2.70. The molecule has 2 N–H and O–H groups in total. The summed E-state index contributed by atoms with van der Waals surface area (Å²) in [5.74, 6) is 0.115. The van der Waals surface area contributed by atoms with Crippen molar-refractivity contribution < 1.29 is 19.1 Å². The molecule has 0 radical (unpaired) electrons. The quantitative estimate of drug-likeness (QED) is 0.861. The van der Waals surface area contributed by atoms with Crippen LogP contribution < -0.4 is 15.4 Å². The zero-order chi connectivity index (χ0) is 18.4. The van der Waals surface area contributed by atoms with Gasteiger partial charge in [-0.3, -0.25) is 14.6 Å². The summed E-state index contributed by atoms with van der Waals surface area (Å²) in [6, 6.07) is 8.50. The largest absolute Gasteiger partial charge is 0.494 e. The van der Waals surface area contributed by atoms with Gasteiger partial charge in [-0.15, -0.1) is 0 Å². The summed E-state index contributed by atoms with van der Waals surface area (Å²) in [6.45, 7) is 1.22. The number of ether oxygens (including phenoxy) is 2. The molecule has 3 rings (SSSR count). The number of nitrogens with zero attached hydrogens (tertiary/aromatic N) is 1. The number of amides is 2. The number of nitrogens with one attached hydrogen (secondary N) is 2. The number of hydrogen-bond acceptors (Lipinski definition) is 5. The molecular weight excluding hydrogens is 334 g/mol. The van der Waals surface area contributed by atoms with Crippen molar-refractivity contribution in [3.05, 3.63) is 48.3 Å². The Kier molecular flexibility index (Phi) is 5.80. The Hall–Kier alpha value is -2.93. The Bertz CT molecular complexity index is 774. The predicted octanol–water partition coefficient (Wildman–Crippen LogP) is 2.71. The van der Waals surface area contributed by atoms with Crippen LogP contribution in [0.25, 0.3) is 0 Å². The zero-order valence-electron chi connectivity index (χ0n) is 14.5. The van der Waals surface area contributed by atoms with E-state index >= 15 is 0 Å². The second-order valence-corrected chi connectivity index (χ2v) is 5.99. The van der Waals surface area contributed by atoms with Gasteiger partial charge in [0.15, 0.2) is 0 Å². The molecule has 0 saturated carbocycles.